The lowest BCUT2D eigenvalue weighted by Gasteiger charge is -2.09. The Morgan fingerprint density at radius 2 is 1.67 bits per heavy atom. The van der Waals surface area contributed by atoms with Crippen molar-refractivity contribution in [1.29, 1.82) is 0 Å². The van der Waals surface area contributed by atoms with E-state index in [2.05, 4.69) is 15.0 Å². The molecule has 2 aromatic carbocycles. The van der Waals surface area contributed by atoms with Crippen LogP contribution in [-0.4, -0.2) is 20.2 Å². The molecule has 1 unspecified atom stereocenters. The standard InChI is InChI=1S/C24H18F2N4/c25-19-2-1-3-20(26)24(19)22-10-9-21(29-22)17-6-4-16(5-7-17)18-8-11-23(28-14-18)30-13-12-27-15-30/h1-8,11-15,21H,9-10H2. The number of benzene rings is 2. The minimum absolute atomic E-state index is 0.000626. The third kappa shape index (κ3) is 3.41. The fraction of sp³-hybridized carbons (Fsp3) is 0.125. The molecule has 0 saturated carbocycles. The first-order valence-electron chi connectivity index (χ1n) is 9.75. The lowest BCUT2D eigenvalue weighted by atomic mass is 10.00. The fourth-order valence-electron chi connectivity index (χ4n) is 3.80. The molecule has 4 nitrogen and oxygen atoms in total. The molecule has 6 heteroatoms. The Kier molecular flexibility index (Phi) is 4.67. The Morgan fingerprint density at radius 1 is 0.900 bits per heavy atom. The van der Waals surface area contributed by atoms with Gasteiger partial charge in [-0.05, 0) is 48.2 Å². The number of imidazole rings is 1. The maximum atomic E-state index is 14.1. The predicted molar refractivity (Wildman–Crippen MR) is 112 cm³/mol. The largest absolute Gasteiger partial charge is 0.291 e. The van der Waals surface area contributed by atoms with Crippen LogP contribution in [0.2, 0.25) is 0 Å². The van der Waals surface area contributed by atoms with Crippen molar-refractivity contribution in [2.75, 3.05) is 0 Å². The molecule has 5 rings (SSSR count). The molecule has 0 radical (unpaired) electrons. The number of hydrogen-bond donors (Lipinski definition) is 0. The Balaban J connectivity index is 1.36. The monoisotopic (exact) mass is 400 g/mol. The summed E-state index contributed by atoms with van der Waals surface area (Å²) in [5, 5.41) is 0. The maximum absolute atomic E-state index is 14.1. The van der Waals surface area contributed by atoms with Gasteiger partial charge in [-0.1, -0.05) is 30.3 Å². The zero-order valence-electron chi connectivity index (χ0n) is 16.0. The van der Waals surface area contributed by atoms with E-state index in [1.165, 1.54) is 18.2 Å². The topological polar surface area (TPSA) is 43.1 Å². The Bertz CT molecular complexity index is 1180. The Labute approximate surface area is 172 Å². The molecule has 1 aliphatic heterocycles. The lowest BCUT2D eigenvalue weighted by Crippen LogP contribution is -2.03. The smallest absolute Gasteiger partial charge is 0.137 e. The van der Waals surface area contributed by atoms with Crippen LogP contribution in [0.1, 0.15) is 30.0 Å². The summed E-state index contributed by atoms with van der Waals surface area (Å²) < 4.78 is 30.0. The normalized spacial score (nSPS) is 15.9. The van der Waals surface area contributed by atoms with E-state index in [0.717, 1.165) is 28.9 Å². The van der Waals surface area contributed by atoms with E-state index in [0.29, 0.717) is 12.1 Å². The molecule has 0 fully saturated rings. The molecule has 2 aromatic heterocycles. The molecular weight excluding hydrogens is 382 g/mol. The number of aliphatic imine (C=N–C) groups is 1. The van der Waals surface area contributed by atoms with E-state index >= 15 is 0 Å². The van der Waals surface area contributed by atoms with Crippen LogP contribution >= 0.6 is 0 Å². The quantitative estimate of drug-likeness (QED) is 0.452. The number of nitrogens with zero attached hydrogens (tertiary/aromatic N) is 4. The maximum Gasteiger partial charge on any atom is 0.137 e. The summed E-state index contributed by atoms with van der Waals surface area (Å²) in [5.74, 6) is -0.311. The van der Waals surface area contributed by atoms with E-state index in [1.54, 1.807) is 12.5 Å². The van der Waals surface area contributed by atoms with Gasteiger partial charge < -0.3 is 0 Å². The van der Waals surface area contributed by atoms with Crippen LogP contribution in [0.15, 0.2) is 84.5 Å². The molecule has 0 saturated heterocycles. The average molecular weight is 400 g/mol. The van der Waals surface area contributed by atoms with Crippen molar-refractivity contribution >= 4 is 5.71 Å². The summed E-state index contributed by atoms with van der Waals surface area (Å²) in [6, 6.07) is 15.9. The molecule has 0 spiro atoms. The minimum atomic E-state index is -0.559. The zero-order valence-corrected chi connectivity index (χ0v) is 16.0. The van der Waals surface area contributed by atoms with E-state index < -0.39 is 11.6 Å². The van der Waals surface area contributed by atoms with Gasteiger partial charge in [0.15, 0.2) is 0 Å². The van der Waals surface area contributed by atoms with Gasteiger partial charge >= 0.3 is 0 Å². The van der Waals surface area contributed by atoms with Gasteiger partial charge in [-0.2, -0.15) is 0 Å². The highest BCUT2D eigenvalue weighted by molar-refractivity contribution is 6.02. The highest BCUT2D eigenvalue weighted by atomic mass is 19.1. The van der Waals surface area contributed by atoms with Gasteiger partial charge in [0.1, 0.15) is 23.8 Å². The molecule has 30 heavy (non-hydrogen) atoms. The first kappa shape index (κ1) is 18.4. The second-order valence-corrected chi connectivity index (χ2v) is 7.22. The summed E-state index contributed by atoms with van der Waals surface area (Å²) in [4.78, 5) is 13.1. The predicted octanol–water partition coefficient (Wildman–Crippen LogP) is 5.54. The second-order valence-electron chi connectivity index (χ2n) is 7.22. The number of aromatic nitrogens is 3. The number of halogens is 2. The summed E-state index contributed by atoms with van der Waals surface area (Å²) in [6.45, 7) is 0. The summed E-state index contributed by atoms with van der Waals surface area (Å²) in [7, 11) is 0. The SMILES string of the molecule is Fc1cccc(F)c1C1=NC(c2ccc(-c3ccc(-n4ccnc4)nc3)cc2)CC1. The van der Waals surface area contributed by atoms with Gasteiger partial charge in [-0.15, -0.1) is 0 Å². The van der Waals surface area contributed by atoms with E-state index in [4.69, 9.17) is 0 Å². The third-order valence-electron chi connectivity index (χ3n) is 5.36. The molecule has 1 atom stereocenters. The third-order valence-corrected chi connectivity index (χ3v) is 5.36. The first-order chi connectivity index (χ1) is 14.7. The van der Waals surface area contributed by atoms with Crippen LogP contribution in [-0.2, 0) is 0 Å². The van der Waals surface area contributed by atoms with Crippen molar-refractivity contribution in [2.24, 2.45) is 4.99 Å². The van der Waals surface area contributed by atoms with E-state index in [9.17, 15) is 8.78 Å². The van der Waals surface area contributed by atoms with Gasteiger partial charge in [0.25, 0.3) is 0 Å². The minimum Gasteiger partial charge on any atom is -0.291 e. The molecule has 148 valence electrons. The van der Waals surface area contributed by atoms with Gasteiger partial charge in [-0.25, -0.2) is 18.7 Å². The molecule has 0 aliphatic carbocycles. The number of rotatable bonds is 4. The van der Waals surface area contributed by atoms with Crippen molar-refractivity contribution in [3.8, 4) is 16.9 Å². The van der Waals surface area contributed by atoms with Crippen LogP contribution in [0.25, 0.3) is 16.9 Å². The van der Waals surface area contributed by atoms with E-state index in [-0.39, 0.29) is 11.6 Å². The molecule has 1 aliphatic rings. The van der Waals surface area contributed by atoms with Gasteiger partial charge in [0.05, 0.1) is 11.6 Å². The Hall–Kier alpha value is -3.67. The van der Waals surface area contributed by atoms with Crippen molar-refractivity contribution in [3.63, 3.8) is 0 Å². The Morgan fingerprint density at radius 3 is 2.33 bits per heavy atom. The van der Waals surface area contributed by atoms with E-state index in [1.807, 2.05) is 53.4 Å². The summed E-state index contributed by atoms with van der Waals surface area (Å²) in [5.41, 5.74) is 3.59. The highest BCUT2D eigenvalue weighted by Crippen LogP contribution is 2.33. The lowest BCUT2D eigenvalue weighted by molar-refractivity contribution is 0.578. The van der Waals surface area contributed by atoms with Gasteiger partial charge in [0, 0.05) is 29.9 Å². The van der Waals surface area contributed by atoms with Crippen molar-refractivity contribution in [3.05, 3.63) is 102 Å². The molecule has 0 N–H and O–H groups in total. The van der Waals surface area contributed by atoms with Crippen LogP contribution in [0, 0.1) is 11.6 Å². The van der Waals surface area contributed by atoms with Gasteiger partial charge in [0.2, 0.25) is 0 Å². The molecule has 0 bridgehead atoms. The summed E-state index contributed by atoms with van der Waals surface area (Å²) in [6.07, 6.45) is 8.40. The first-order valence-corrected chi connectivity index (χ1v) is 9.75. The summed E-state index contributed by atoms with van der Waals surface area (Å²) >= 11 is 0. The van der Waals surface area contributed by atoms with Crippen molar-refractivity contribution < 1.29 is 8.78 Å². The molecule has 4 aromatic rings. The van der Waals surface area contributed by atoms with Crippen LogP contribution < -0.4 is 0 Å². The average Bonchev–Trinajstić information content (AvgIpc) is 3.47. The van der Waals surface area contributed by atoms with Crippen LogP contribution in [0.5, 0.6) is 0 Å². The molecule has 0 amide bonds. The number of hydrogen-bond acceptors (Lipinski definition) is 3. The molecule has 3 heterocycles. The number of pyridine rings is 1. The zero-order chi connectivity index (χ0) is 20.5. The highest BCUT2D eigenvalue weighted by Gasteiger charge is 2.24. The van der Waals surface area contributed by atoms with Gasteiger partial charge in [-0.3, -0.25) is 9.56 Å². The van der Waals surface area contributed by atoms with Crippen LogP contribution in [0.4, 0.5) is 8.78 Å². The molecular formula is C24H18F2N4. The van der Waals surface area contributed by atoms with Crippen molar-refractivity contribution in [1.82, 2.24) is 14.5 Å². The second kappa shape index (κ2) is 7.63. The van der Waals surface area contributed by atoms with Crippen LogP contribution in [0.3, 0.4) is 0 Å². The van der Waals surface area contributed by atoms with Crippen molar-refractivity contribution in [2.45, 2.75) is 18.9 Å². The fourth-order valence-corrected chi connectivity index (χ4v) is 3.80.